The lowest BCUT2D eigenvalue weighted by molar-refractivity contribution is 0.0583. The van der Waals surface area contributed by atoms with Crippen LogP contribution in [0.3, 0.4) is 0 Å². The van der Waals surface area contributed by atoms with Crippen LogP contribution in [-0.2, 0) is 6.54 Å². The van der Waals surface area contributed by atoms with Gasteiger partial charge in [0.2, 0.25) is 11.7 Å². The summed E-state index contributed by atoms with van der Waals surface area (Å²) in [6, 6.07) is 14.0. The van der Waals surface area contributed by atoms with E-state index < -0.39 is 0 Å². The Hall–Kier alpha value is -3.52. The lowest BCUT2D eigenvalue weighted by Gasteiger charge is -2.39. The van der Waals surface area contributed by atoms with Gasteiger partial charge in [-0.05, 0) is 61.9 Å². The van der Waals surface area contributed by atoms with E-state index in [1.54, 1.807) is 24.7 Å². The van der Waals surface area contributed by atoms with Crippen LogP contribution in [0.5, 0.6) is 17.4 Å². The van der Waals surface area contributed by atoms with Crippen molar-refractivity contribution < 1.29 is 14.3 Å². The van der Waals surface area contributed by atoms with Gasteiger partial charge >= 0.3 is 0 Å². The first-order chi connectivity index (χ1) is 18.0. The molecule has 1 fully saturated rings. The van der Waals surface area contributed by atoms with Crippen molar-refractivity contribution in [1.29, 1.82) is 0 Å². The molecular formula is C29H35N5O3. The molecule has 2 aromatic heterocycles. The van der Waals surface area contributed by atoms with Crippen LogP contribution >= 0.6 is 0 Å². The lowest BCUT2D eigenvalue weighted by Crippen LogP contribution is -2.47. The number of para-hydroxylation sites is 2. The summed E-state index contributed by atoms with van der Waals surface area (Å²) in [5.41, 5.74) is 1.08. The van der Waals surface area contributed by atoms with Crippen LogP contribution in [0, 0.1) is 5.41 Å². The van der Waals surface area contributed by atoms with Crippen LogP contribution in [0.25, 0.3) is 0 Å². The van der Waals surface area contributed by atoms with E-state index in [2.05, 4.69) is 39.8 Å². The Morgan fingerprint density at radius 3 is 2.43 bits per heavy atom. The number of hydrogen-bond acceptors (Lipinski definition) is 7. The van der Waals surface area contributed by atoms with Crippen molar-refractivity contribution in [2.45, 2.75) is 52.1 Å². The predicted octanol–water partition coefficient (Wildman–Crippen LogP) is 4.97. The summed E-state index contributed by atoms with van der Waals surface area (Å²) in [5, 5.41) is 0. The molecule has 5 rings (SSSR count). The fraction of sp³-hybridized carbons (Fsp3) is 0.448. The van der Waals surface area contributed by atoms with E-state index in [0.717, 1.165) is 50.1 Å². The Morgan fingerprint density at radius 2 is 1.65 bits per heavy atom. The number of ether oxygens (including phenoxy) is 2. The molecule has 194 valence electrons. The van der Waals surface area contributed by atoms with Crippen molar-refractivity contribution >= 4 is 5.91 Å². The SMILES string of the molecule is CC1(C)CCCN(C2CCN(C(=O)c3ncccn3)CC2)Cc2cccnc2Oc2ccccc2OC1. The van der Waals surface area contributed by atoms with Crippen molar-refractivity contribution in [3.63, 3.8) is 0 Å². The molecule has 37 heavy (non-hydrogen) atoms. The number of benzene rings is 1. The van der Waals surface area contributed by atoms with Gasteiger partial charge in [-0.1, -0.05) is 32.0 Å². The minimum Gasteiger partial charge on any atom is -0.489 e. The maximum atomic E-state index is 12.9. The first kappa shape index (κ1) is 25.1. The number of rotatable bonds is 2. The molecule has 0 bridgehead atoms. The molecule has 1 amide bonds. The fourth-order valence-corrected chi connectivity index (χ4v) is 5.09. The van der Waals surface area contributed by atoms with Crippen LogP contribution in [0.15, 0.2) is 61.1 Å². The molecular weight excluding hydrogens is 466 g/mol. The van der Waals surface area contributed by atoms with Crippen LogP contribution in [0.2, 0.25) is 0 Å². The molecule has 0 N–H and O–H groups in total. The van der Waals surface area contributed by atoms with Gasteiger partial charge in [0.25, 0.3) is 5.91 Å². The number of piperidine rings is 1. The minimum absolute atomic E-state index is 0.0312. The third kappa shape index (κ3) is 6.25. The highest BCUT2D eigenvalue weighted by Gasteiger charge is 2.30. The Labute approximate surface area is 218 Å². The summed E-state index contributed by atoms with van der Waals surface area (Å²) in [6.07, 6.45) is 8.92. The van der Waals surface area contributed by atoms with Gasteiger partial charge in [0.15, 0.2) is 11.5 Å². The number of carbonyl (C=O) groups is 1. The normalized spacial score (nSPS) is 19.1. The molecule has 0 atom stereocenters. The minimum atomic E-state index is -0.0904. The third-order valence-corrected chi connectivity index (χ3v) is 7.22. The molecule has 0 aliphatic carbocycles. The van der Waals surface area contributed by atoms with E-state index in [1.165, 1.54) is 0 Å². The van der Waals surface area contributed by atoms with Crippen molar-refractivity contribution in [1.82, 2.24) is 24.8 Å². The first-order valence-electron chi connectivity index (χ1n) is 13.1. The van der Waals surface area contributed by atoms with Crippen molar-refractivity contribution in [3.8, 4) is 17.4 Å². The van der Waals surface area contributed by atoms with Crippen LogP contribution < -0.4 is 9.47 Å². The van der Waals surface area contributed by atoms with Gasteiger partial charge in [-0.3, -0.25) is 9.69 Å². The molecule has 0 radical (unpaired) electrons. The van der Waals surface area contributed by atoms with E-state index in [4.69, 9.17) is 9.47 Å². The molecule has 0 spiro atoms. The maximum absolute atomic E-state index is 12.9. The van der Waals surface area contributed by atoms with Gasteiger partial charge in [0, 0.05) is 49.8 Å². The summed E-state index contributed by atoms with van der Waals surface area (Å²) < 4.78 is 12.6. The standard InChI is InChI=1S/C29H35N5O3/c1-29(2)13-6-17-34(23-11-18-33(19-12-23)28(35)26-30-15-7-16-31-26)20-22-8-5-14-32-27(22)37-25-10-4-3-9-24(25)36-21-29/h3-5,7-10,14-16,23H,6,11-13,17-21H2,1-2H3. The van der Waals surface area contributed by atoms with E-state index in [-0.39, 0.29) is 17.1 Å². The smallest absolute Gasteiger partial charge is 0.291 e. The molecule has 4 heterocycles. The highest BCUT2D eigenvalue weighted by Crippen LogP contribution is 2.35. The number of aromatic nitrogens is 3. The van der Waals surface area contributed by atoms with Crippen LogP contribution in [-0.4, -0.2) is 62.9 Å². The molecule has 3 aromatic rings. The van der Waals surface area contributed by atoms with Gasteiger partial charge in [-0.25, -0.2) is 15.0 Å². The number of nitrogens with zero attached hydrogens (tertiary/aromatic N) is 5. The Bertz CT molecular complexity index is 1190. The fourth-order valence-electron chi connectivity index (χ4n) is 5.09. The zero-order chi connectivity index (χ0) is 25.7. The lowest BCUT2D eigenvalue weighted by atomic mass is 9.88. The predicted molar refractivity (Wildman–Crippen MR) is 141 cm³/mol. The molecule has 2 aliphatic heterocycles. The van der Waals surface area contributed by atoms with Gasteiger partial charge in [-0.2, -0.15) is 0 Å². The topological polar surface area (TPSA) is 80.7 Å². The highest BCUT2D eigenvalue weighted by atomic mass is 16.5. The number of hydrogen-bond donors (Lipinski definition) is 0. The third-order valence-electron chi connectivity index (χ3n) is 7.22. The Morgan fingerprint density at radius 1 is 0.919 bits per heavy atom. The summed E-state index contributed by atoms with van der Waals surface area (Å²) in [6.45, 7) is 8.23. The van der Waals surface area contributed by atoms with E-state index in [0.29, 0.717) is 37.4 Å². The van der Waals surface area contributed by atoms with Crippen molar-refractivity contribution in [3.05, 3.63) is 72.4 Å². The van der Waals surface area contributed by atoms with Crippen LogP contribution in [0.1, 0.15) is 55.7 Å². The van der Waals surface area contributed by atoms with E-state index in [1.807, 2.05) is 35.2 Å². The van der Waals surface area contributed by atoms with Crippen molar-refractivity contribution in [2.75, 3.05) is 26.2 Å². The zero-order valence-electron chi connectivity index (χ0n) is 21.7. The molecule has 8 nitrogen and oxygen atoms in total. The Balaban J connectivity index is 1.35. The summed E-state index contributed by atoms with van der Waals surface area (Å²) in [4.78, 5) is 30.1. The number of likely N-dealkylation sites (tertiary alicyclic amines) is 1. The number of amides is 1. The number of pyridine rings is 1. The van der Waals surface area contributed by atoms with Crippen molar-refractivity contribution in [2.24, 2.45) is 5.41 Å². The van der Waals surface area contributed by atoms with Gasteiger partial charge in [0.1, 0.15) is 0 Å². The average molecular weight is 502 g/mol. The summed E-state index contributed by atoms with van der Waals surface area (Å²) in [7, 11) is 0. The zero-order valence-corrected chi connectivity index (χ0v) is 21.7. The number of carbonyl (C=O) groups excluding carboxylic acids is 1. The number of fused-ring (bicyclic) bond motifs is 2. The second-order valence-electron chi connectivity index (χ2n) is 10.6. The highest BCUT2D eigenvalue weighted by molar-refractivity contribution is 5.90. The monoisotopic (exact) mass is 501 g/mol. The average Bonchev–Trinajstić information content (AvgIpc) is 2.93. The van der Waals surface area contributed by atoms with Gasteiger partial charge in [-0.15, -0.1) is 0 Å². The van der Waals surface area contributed by atoms with E-state index in [9.17, 15) is 4.79 Å². The van der Waals surface area contributed by atoms with Gasteiger partial charge < -0.3 is 14.4 Å². The second-order valence-corrected chi connectivity index (χ2v) is 10.6. The molecule has 2 aliphatic rings. The molecule has 8 heteroatoms. The maximum Gasteiger partial charge on any atom is 0.291 e. The summed E-state index contributed by atoms with van der Waals surface area (Å²) in [5.74, 6) is 2.20. The quantitative estimate of drug-likeness (QED) is 0.490. The van der Waals surface area contributed by atoms with Crippen LogP contribution in [0.4, 0.5) is 0 Å². The molecule has 0 saturated carbocycles. The first-order valence-corrected chi connectivity index (χ1v) is 13.1. The molecule has 1 aromatic carbocycles. The summed E-state index contributed by atoms with van der Waals surface area (Å²) >= 11 is 0. The largest absolute Gasteiger partial charge is 0.489 e. The Kier molecular flexibility index (Phi) is 7.65. The van der Waals surface area contributed by atoms with E-state index >= 15 is 0 Å². The second kappa shape index (κ2) is 11.3. The molecule has 0 unspecified atom stereocenters. The van der Waals surface area contributed by atoms with Gasteiger partial charge in [0.05, 0.1) is 6.61 Å². The molecule has 1 saturated heterocycles.